The zero-order valence-corrected chi connectivity index (χ0v) is 10.5. The molecule has 0 aliphatic rings. The van der Waals surface area contributed by atoms with Crippen molar-refractivity contribution in [2.45, 2.75) is 19.4 Å². The SMILES string of the molecule is CC(O)CNc1ccc(OC(F)(F)F)c(Br)c1. The maximum absolute atomic E-state index is 12.0. The Morgan fingerprint density at radius 3 is 2.59 bits per heavy atom. The third-order valence-corrected chi connectivity index (χ3v) is 2.38. The molecule has 0 aliphatic carbocycles. The van der Waals surface area contributed by atoms with E-state index in [1.807, 2.05) is 0 Å². The van der Waals surface area contributed by atoms with Gasteiger partial charge in [0.05, 0.1) is 10.6 Å². The number of halogens is 4. The number of hydrogen-bond donors (Lipinski definition) is 2. The van der Waals surface area contributed by atoms with Crippen LogP contribution >= 0.6 is 15.9 Å². The summed E-state index contributed by atoms with van der Waals surface area (Å²) in [5.41, 5.74) is 0.590. The van der Waals surface area contributed by atoms with Crippen molar-refractivity contribution >= 4 is 21.6 Å². The Hall–Kier alpha value is -0.950. The molecule has 1 rings (SSSR count). The Labute approximate surface area is 105 Å². The summed E-state index contributed by atoms with van der Waals surface area (Å²) in [4.78, 5) is 0. The highest BCUT2D eigenvalue weighted by atomic mass is 79.9. The van der Waals surface area contributed by atoms with Crippen LogP contribution in [0, 0.1) is 0 Å². The van der Waals surface area contributed by atoms with Crippen molar-refractivity contribution < 1.29 is 23.0 Å². The normalized spacial score (nSPS) is 13.3. The lowest BCUT2D eigenvalue weighted by atomic mass is 10.3. The van der Waals surface area contributed by atoms with E-state index in [1.165, 1.54) is 18.2 Å². The summed E-state index contributed by atoms with van der Waals surface area (Å²) in [6.45, 7) is 1.91. The fourth-order valence-corrected chi connectivity index (χ4v) is 1.54. The molecular weight excluding hydrogens is 303 g/mol. The molecule has 17 heavy (non-hydrogen) atoms. The van der Waals surface area contributed by atoms with Crippen LogP contribution in [0.1, 0.15) is 6.92 Å². The molecule has 0 fully saturated rings. The van der Waals surface area contributed by atoms with Crippen LogP contribution in [0.3, 0.4) is 0 Å². The predicted molar refractivity (Wildman–Crippen MR) is 61.0 cm³/mol. The first-order chi connectivity index (χ1) is 7.78. The molecule has 1 atom stereocenters. The smallest absolute Gasteiger partial charge is 0.405 e. The van der Waals surface area contributed by atoms with Crippen molar-refractivity contribution in [2.75, 3.05) is 11.9 Å². The number of aliphatic hydroxyl groups excluding tert-OH is 1. The lowest BCUT2D eigenvalue weighted by Gasteiger charge is -2.13. The second kappa shape index (κ2) is 5.59. The fourth-order valence-electron chi connectivity index (χ4n) is 1.08. The number of benzene rings is 1. The number of aliphatic hydroxyl groups is 1. The molecule has 0 spiro atoms. The van der Waals surface area contributed by atoms with E-state index in [4.69, 9.17) is 5.11 Å². The van der Waals surface area contributed by atoms with Crippen LogP contribution < -0.4 is 10.1 Å². The zero-order chi connectivity index (χ0) is 13.1. The Balaban J connectivity index is 2.72. The van der Waals surface area contributed by atoms with E-state index in [2.05, 4.69) is 26.0 Å². The summed E-state index contributed by atoms with van der Waals surface area (Å²) in [5, 5.41) is 11.9. The molecule has 0 saturated heterocycles. The molecule has 0 aliphatic heterocycles. The second-order valence-electron chi connectivity index (χ2n) is 3.42. The summed E-state index contributed by atoms with van der Waals surface area (Å²) in [7, 11) is 0. The van der Waals surface area contributed by atoms with Crippen LogP contribution in [0.2, 0.25) is 0 Å². The van der Waals surface area contributed by atoms with Gasteiger partial charge < -0.3 is 15.2 Å². The van der Waals surface area contributed by atoms with Crippen molar-refractivity contribution in [2.24, 2.45) is 0 Å². The van der Waals surface area contributed by atoms with Crippen LogP contribution in [0.5, 0.6) is 5.75 Å². The van der Waals surface area contributed by atoms with Crippen molar-refractivity contribution in [3.8, 4) is 5.75 Å². The van der Waals surface area contributed by atoms with E-state index in [1.54, 1.807) is 6.92 Å². The Morgan fingerprint density at radius 2 is 2.12 bits per heavy atom. The minimum atomic E-state index is -4.71. The highest BCUT2D eigenvalue weighted by Crippen LogP contribution is 2.32. The van der Waals surface area contributed by atoms with Crippen molar-refractivity contribution in [1.82, 2.24) is 0 Å². The van der Waals surface area contributed by atoms with Crippen LogP contribution in [-0.2, 0) is 0 Å². The van der Waals surface area contributed by atoms with Gasteiger partial charge in [0, 0.05) is 12.2 Å². The van der Waals surface area contributed by atoms with Gasteiger partial charge in [-0.2, -0.15) is 0 Å². The molecule has 1 aromatic rings. The second-order valence-corrected chi connectivity index (χ2v) is 4.28. The summed E-state index contributed by atoms with van der Waals surface area (Å²) in [6.07, 6.45) is -5.25. The van der Waals surface area contributed by atoms with Crippen LogP contribution in [-0.4, -0.2) is 24.1 Å². The van der Waals surface area contributed by atoms with Crippen LogP contribution in [0.15, 0.2) is 22.7 Å². The summed E-state index contributed by atoms with van der Waals surface area (Å²) in [5.74, 6) is -0.305. The summed E-state index contributed by atoms with van der Waals surface area (Å²) < 4.78 is 39.9. The van der Waals surface area contributed by atoms with Gasteiger partial charge in [-0.25, -0.2) is 0 Å². The molecule has 2 N–H and O–H groups in total. The van der Waals surface area contributed by atoms with E-state index < -0.39 is 12.5 Å². The summed E-state index contributed by atoms with van der Waals surface area (Å²) >= 11 is 2.98. The zero-order valence-electron chi connectivity index (χ0n) is 8.88. The van der Waals surface area contributed by atoms with Gasteiger partial charge in [0.2, 0.25) is 0 Å². The first-order valence-corrected chi connectivity index (χ1v) is 5.54. The molecule has 0 bridgehead atoms. The quantitative estimate of drug-likeness (QED) is 0.897. The maximum atomic E-state index is 12.0. The van der Waals surface area contributed by atoms with Crippen molar-refractivity contribution in [1.29, 1.82) is 0 Å². The number of nitrogens with one attached hydrogen (secondary N) is 1. The minimum Gasteiger partial charge on any atom is -0.405 e. The van der Waals surface area contributed by atoms with E-state index in [0.717, 1.165) is 0 Å². The first-order valence-electron chi connectivity index (χ1n) is 4.75. The number of ether oxygens (including phenoxy) is 1. The molecule has 1 aromatic carbocycles. The highest BCUT2D eigenvalue weighted by molar-refractivity contribution is 9.10. The molecular formula is C10H11BrF3NO2. The van der Waals surface area contributed by atoms with E-state index in [0.29, 0.717) is 12.2 Å². The average molecular weight is 314 g/mol. The maximum Gasteiger partial charge on any atom is 0.573 e. The molecule has 96 valence electrons. The van der Waals surface area contributed by atoms with Gasteiger partial charge in [0.15, 0.2) is 0 Å². The van der Waals surface area contributed by atoms with Gasteiger partial charge in [-0.1, -0.05) is 0 Å². The van der Waals surface area contributed by atoms with Crippen molar-refractivity contribution in [3.05, 3.63) is 22.7 Å². The molecule has 0 saturated carbocycles. The largest absolute Gasteiger partial charge is 0.573 e. The lowest BCUT2D eigenvalue weighted by Crippen LogP contribution is -2.18. The standard InChI is InChI=1S/C10H11BrF3NO2/c1-6(16)5-15-7-2-3-9(8(11)4-7)17-10(12,13)14/h2-4,6,15-16H,5H2,1H3. The van der Waals surface area contributed by atoms with Gasteiger partial charge in [-0.15, -0.1) is 13.2 Å². The van der Waals surface area contributed by atoms with Crippen LogP contribution in [0.25, 0.3) is 0 Å². The molecule has 0 heterocycles. The number of hydrogen-bond acceptors (Lipinski definition) is 3. The van der Waals surface area contributed by atoms with E-state index in [-0.39, 0.29) is 10.2 Å². The van der Waals surface area contributed by atoms with Gasteiger partial charge >= 0.3 is 6.36 Å². The predicted octanol–water partition coefficient (Wildman–Crippen LogP) is 3.14. The van der Waals surface area contributed by atoms with E-state index >= 15 is 0 Å². The number of rotatable bonds is 4. The Morgan fingerprint density at radius 1 is 1.47 bits per heavy atom. The van der Waals surface area contributed by atoms with Gasteiger partial charge in [-0.3, -0.25) is 0 Å². The Bertz CT molecular complexity index is 382. The van der Waals surface area contributed by atoms with Crippen molar-refractivity contribution in [3.63, 3.8) is 0 Å². The minimum absolute atomic E-state index is 0.186. The third-order valence-electron chi connectivity index (χ3n) is 1.76. The van der Waals surface area contributed by atoms with E-state index in [9.17, 15) is 13.2 Å². The molecule has 0 radical (unpaired) electrons. The fraction of sp³-hybridized carbons (Fsp3) is 0.400. The lowest BCUT2D eigenvalue weighted by molar-refractivity contribution is -0.274. The molecule has 7 heteroatoms. The third kappa shape index (κ3) is 5.27. The topological polar surface area (TPSA) is 41.5 Å². The van der Waals surface area contributed by atoms with Gasteiger partial charge in [0.1, 0.15) is 5.75 Å². The van der Waals surface area contributed by atoms with Crippen LogP contribution in [0.4, 0.5) is 18.9 Å². The first kappa shape index (κ1) is 14.1. The molecule has 0 aromatic heterocycles. The monoisotopic (exact) mass is 313 g/mol. The molecule has 3 nitrogen and oxygen atoms in total. The average Bonchev–Trinajstić information content (AvgIpc) is 2.17. The summed E-state index contributed by atoms with van der Waals surface area (Å²) in [6, 6.07) is 4.08. The Kier molecular flexibility index (Phi) is 4.64. The highest BCUT2D eigenvalue weighted by Gasteiger charge is 2.31. The van der Waals surface area contributed by atoms with Gasteiger partial charge in [0.25, 0.3) is 0 Å². The molecule has 1 unspecified atom stereocenters. The number of anilines is 1. The molecule has 0 amide bonds. The number of alkyl halides is 3. The van der Waals surface area contributed by atoms with Gasteiger partial charge in [-0.05, 0) is 41.1 Å².